The van der Waals surface area contributed by atoms with Gasteiger partial charge in [-0.3, -0.25) is 14.6 Å². The molecule has 0 radical (unpaired) electrons. The third kappa shape index (κ3) is 5.53. The second-order valence-electron chi connectivity index (χ2n) is 9.21. The van der Waals surface area contributed by atoms with E-state index in [1.165, 1.54) is 4.90 Å². The fourth-order valence-electron chi connectivity index (χ4n) is 4.63. The Balaban J connectivity index is 1.54. The molecule has 1 fully saturated rings. The number of likely N-dealkylation sites (tertiary alicyclic amines) is 1. The Bertz CT molecular complexity index is 1570. The number of hydrogen-bond acceptors (Lipinski definition) is 5. The molecule has 8 heteroatoms. The van der Waals surface area contributed by atoms with Crippen LogP contribution in [0.4, 0.5) is 0 Å². The molecule has 39 heavy (non-hydrogen) atoms. The number of benzene rings is 3. The van der Waals surface area contributed by atoms with Crippen LogP contribution in [-0.4, -0.2) is 26.7 Å². The van der Waals surface area contributed by atoms with Crippen LogP contribution < -0.4 is 4.74 Å². The molecule has 1 N–H and O–H groups in total. The fourth-order valence-corrected chi connectivity index (χ4v) is 5.14. The molecule has 5 rings (SSSR count). The molecule has 1 aliphatic heterocycles. The van der Waals surface area contributed by atoms with Gasteiger partial charge in [0, 0.05) is 34.5 Å². The van der Waals surface area contributed by atoms with E-state index in [2.05, 4.69) is 4.98 Å². The lowest BCUT2D eigenvalue weighted by atomic mass is 9.94. The number of nitrogens with zero attached hydrogens (tertiary/aromatic N) is 2. The maximum Gasteiger partial charge on any atom is 0.295 e. The molecule has 0 bridgehead atoms. The number of carbonyl (C=O) groups is 2. The Kier molecular flexibility index (Phi) is 7.68. The number of hydrogen-bond donors (Lipinski definition) is 1. The number of pyridine rings is 1. The summed E-state index contributed by atoms with van der Waals surface area (Å²) in [6.07, 6.45) is 3.25. The Morgan fingerprint density at radius 1 is 0.974 bits per heavy atom. The quantitative estimate of drug-likeness (QED) is 0.151. The number of ether oxygens (including phenoxy) is 1. The lowest BCUT2D eigenvalue weighted by Crippen LogP contribution is -2.29. The predicted octanol–water partition coefficient (Wildman–Crippen LogP) is 6.90. The monoisotopic (exact) mass is 558 g/mol. The van der Waals surface area contributed by atoms with Gasteiger partial charge in [-0.2, -0.15) is 0 Å². The van der Waals surface area contributed by atoms with E-state index in [1.54, 1.807) is 54.9 Å². The van der Waals surface area contributed by atoms with Gasteiger partial charge in [-0.15, -0.1) is 0 Å². The number of aliphatic hydroxyl groups is 1. The van der Waals surface area contributed by atoms with Crippen LogP contribution in [0.2, 0.25) is 10.0 Å². The summed E-state index contributed by atoms with van der Waals surface area (Å²) in [5.41, 5.74) is 3.33. The molecule has 0 aliphatic carbocycles. The fraction of sp³-hybridized carbons (Fsp3) is 0.129. The van der Waals surface area contributed by atoms with E-state index in [9.17, 15) is 14.7 Å². The summed E-state index contributed by atoms with van der Waals surface area (Å²) >= 11 is 12.7. The largest absolute Gasteiger partial charge is 0.507 e. The van der Waals surface area contributed by atoms with Crippen LogP contribution in [0.5, 0.6) is 5.75 Å². The Labute approximate surface area is 236 Å². The van der Waals surface area contributed by atoms with Crippen LogP contribution in [0.15, 0.2) is 96.8 Å². The van der Waals surface area contributed by atoms with Crippen LogP contribution in [-0.2, 0) is 22.7 Å². The average Bonchev–Trinajstić information content (AvgIpc) is 3.18. The van der Waals surface area contributed by atoms with E-state index in [4.69, 9.17) is 27.9 Å². The second-order valence-corrected chi connectivity index (χ2v) is 10.1. The number of rotatable bonds is 7. The van der Waals surface area contributed by atoms with Crippen LogP contribution in [0.25, 0.3) is 5.76 Å². The van der Waals surface area contributed by atoms with Crippen molar-refractivity contribution in [1.82, 2.24) is 9.88 Å². The van der Waals surface area contributed by atoms with E-state index in [1.807, 2.05) is 43.3 Å². The highest BCUT2D eigenvalue weighted by atomic mass is 35.5. The molecule has 0 spiro atoms. The molecule has 2 heterocycles. The van der Waals surface area contributed by atoms with Gasteiger partial charge in [0.05, 0.1) is 11.6 Å². The maximum absolute atomic E-state index is 13.4. The summed E-state index contributed by atoms with van der Waals surface area (Å²) in [7, 11) is 0. The van der Waals surface area contributed by atoms with Gasteiger partial charge < -0.3 is 14.7 Å². The van der Waals surface area contributed by atoms with Crippen molar-refractivity contribution in [2.45, 2.75) is 26.1 Å². The van der Waals surface area contributed by atoms with E-state index < -0.39 is 17.7 Å². The van der Waals surface area contributed by atoms with Crippen molar-refractivity contribution in [2.24, 2.45) is 0 Å². The van der Waals surface area contributed by atoms with Crippen molar-refractivity contribution in [2.75, 3.05) is 0 Å². The molecule has 1 atom stereocenters. The average molecular weight is 559 g/mol. The van der Waals surface area contributed by atoms with Crippen LogP contribution in [0.3, 0.4) is 0 Å². The molecule has 4 aromatic rings. The zero-order valence-corrected chi connectivity index (χ0v) is 22.5. The van der Waals surface area contributed by atoms with Crippen molar-refractivity contribution in [3.05, 3.63) is 135 Å². The summed E-state index contributed by atoms with van der Waals surface area (Å²) < 4.78 is 5.96. The molecule has 1 unspecified atom stereocenters. The maximum atomic E-state index is 13.4. The van der Waals surface area contributed by atoms with E-state index in [0.717, 1.165) is 16.7 Å². The molecule has 1 aromatic heterocycles. The number of aliphatic hydroxyl groups excluding tert-OH is 1. The molecule has 0 saturated carbocycles. The molecular formula is C31H24Cl2N2O4. The molecule has 1 amide bonds. The summed E-state index contributed by atoms with van der Waals surface area (Å²) in [6.45, 7) is 2.34. The molecular weight excluding hydrogens is 535 g/mol. The van der Waals surface area contributed by atoms with Crippen LogP contribution >= 0.6 is 23.2 Å². The lowest BCUT2D eigenvalue weighted by Gasteiger charge is -2.26. The number of aryl methyl sites for hydroxylation is 1. The standard InChI is InChI=1S/C31H24Cl2N2O4/c1-19-14-22(9-12-26(19)39-18-20-6-3-2-4-7-20)29(36)27-28(24-11-10-23(32)15-25(24)33)35(31(38)30(27)37)17-21-8-5-13-34-16-21/h2-16,28,36H,17-18H2,1H3. The zero-order valence-electron chi connectivity index (χ0n) is 21.0. The number of amides is 1. The summed E-state index contributed by atoms with van der Waals surface area (Å²) in [4.78, 5) is 32.2. The molecule has 1 aliphatic rings. The highest BCUT2D eigenvalue weighted by molar-refractivity contribution is 6.47. The van der Waals surface area contributed by atoms with Gasteiger partial charge in [-0.25, -0.2) is 0 Å². The van der Waals surface area contributed by atoms with Crippen LogP contribution in [0, 0.1) is 6.92 Å². The summed E-state index contributed by atoms with van der Waals surface area (Å²) in [5.74, 6) is -1.19. The van der Waals surface area contributed by atoms with E-state index in [0.29, 0.717) is 28.5 Å². The minimum atomic E-state index is -0.927. The first-order chi connectivity index (χ1) is 18.8. The minimum Gasteiger partial charge on any atom is -0.507 e. The first-order valence-electron chi connectivity index (χ1n) is 12.2. The van der Waals surface area contributed by atoms with Crippen molar-refractivity contribution in [3.63, 3.8) is 0 Å². The third-order valence-electron chi connectivity index (χ3n) is 6.56. The first kappa shape index (κ1) is 26.5. The second kappa shape index (κ2) is 11.3. The van der Waals surface area contributed by atoms with E-state index in [-0.39, 0.29) is 22.9 Å². The molecule has 3 aromatic carbocycles. The molecule has 6 nitrogen and oxygen atoms in total. The molecule has 1 saturated heterocycles. The van der Waals surface area contributed by atoms with Crippen LogP contribution in [0.1, 0.15) is 33.9 Å². The van der Waals surface area contributed by atoms with Gasteiger partial charge in [0.15, 0.2) is 0 Å². The lowest BCUT2D eigenvalue weighted by molar-refractivity contribution is -0.140. The highest BCUT2D eigenvalue weighted by Gasteiger charge is 2.46. The van der Waals surface area contributed by atoms with Crippen molar-refractivity contribution >= 4 is 40.7 Å². The molecule has 196 valence electrons. The SMILES string of the molecule is Cc1cc(C(O)=C2C(=O)C(=O)N(Cc3cccnc3)C2c2ccc(Cl)cc2Cl)ccc1OCc1ccccc1. The van der Waals surface area contributed by atoms with Gasteiger partial charge in [-0.05, 0) is 65.6 Å². The third-order valence-corrected chi connectivity index (χ3v) is 7.12. The number of Topliss-reactive ketones (excluding diaryl/α,β-unsaturated/α-hetero) is 1. The minimum absolute atomic E-state index is 0.0505. The summed E-state index contributed by atoms with van der Waals surface area (Å²) in [5, 5.41) is 12.1. The van der Waals surface area contributed by atoms with Gasteiger partial charge in [0.2, 0.25) is 0 Å². The van der Waals surface area contributed by atoms with Crippen molar-refractivity contribution in [3.8, 4) is 5.75 Å². The number of ketones is 1. The Morgan fingerprint density at radius 2 is 1.74 bits per heavy atom. The van der Waals surface area contributed by atoms with Gasteiger partial charge in [-0.1, -0.05) is 65.7 Å². The number of halogens is 2. The Hall–Kier alpha value is -4.13. The van der Waals surface area contributed by atoms with Gasteiger partial charge in [0.1, 0.15) is 18.1 Å². The topological polar surface area (TPSA) is 79.7 Å². The zero-order chi connectivity index (χ0) is 27.5. The smallest absolute Gasteiger partial charge is 0.295 e. The summed E-state index contributed by atoms with van der Waals surface area (Å²) in [6, 6.07) is 22.4. The number of carbonyl (C=O) groups excluding carboxylic acids is 2. The van der Waals surface area contributed by atoms with E-state index >= 15 is 0 Å². The van der Waals surface area contributed by atoms with Gasteiger partial charge in [0.25, 0.3) is 11.7 Å². The first-order valence-corrected chi connectivity index (χ1v) is 13.0. The van der Waals surface area contributed by atoms with Crippen molar-refractivity contribution in [1.29, 1.82) is 0 Å². The number of aromatic nitrogens is 1. The normalized spacial score (nSPS) is 16.5. The van der Waals surface area contributed by atoms with Gasteiger partial charge >= 0.3 is 0 Å². The highest BCUT2D eigenvalue weighted by Crippen LogP contribution is 2.43. The Morgan fingerprint density at radius 3 is 2.44 bits per heavy atom. The predicted molar refractivity (Wildman–Crippen MR) is 150 cm³/mol. The van der Waals surface area contributed by atoms with Crippen molar-refractivity contribution < 1.29 is 19.4 Å².